The Morgan fingerprint density at radius 1 is 1.07 bits per heavy atom. The van der Waals surface area contributed by atoms with Crippen LogP contribution in [-0.4, -0.2) is 109 Å². The Morgan fingerprint density at radius 2 is 1.66 bits per heavy atom. The molecular formula is C34H67N3O7. The lowest BCUT2D eigenvalue weighted by molar-refractivity contribution is -0.296. The summed E-state index contributed by atoms with van der Waals surface area (Å²) in [7, 11) is 7.09. The van der Waals surface area contributed by atoms with Gasteiger partial charge in [-0.3, -0.25) is 4.79 Å². The van der Waals surface area contributed by atoms with E-state index in [1.54, 1.807) is 7.11 Å². The second-order valence-corrected chi connectivity index (χ2v) is 14.7. The number of hydrogen-bond donors (Lipinski definition) is 2. The van der Waals surface area contributed by atoms with Gasteiger partial charge in [0.2, 0.25) is 0 Å². The van der Waals surface area contributed by atoms with Crippen LogP contribution in [0.2, 0.25) is 0 Å². The summed E-state index contributed by atoms with van der Waals surface area (Å²) in [5, 5.41) is 32.0. The van der Waals surface area contributed by atoms with Gasteiger partial charge in [-0.1, -0.05) is 48.5 Å². The third kappa shape index (κ3) is 10.8. The summed E-state index contributed by atoms with van der Waals surface area (Å²) in [5.74, 6) is -0.654. The third-order valence-electron chi connectivity index (χ3n) is 9.46. The van der Waals surface area contributed by atoms with Gasteiger partial charge in [-0.2, -0.15) is 10.2 Å². The Bertz CT molecular complexity index is 879. The fourth-order valence-corrected chi connectivity index (χ4v) is 7.08. The topological polar surface area (TPSA) is 122 Å². The van der Waals surface area contributed by atoms with Crippen LogP contribution in [0.15, 0.2) is 10.2 Å². The lowest BCUT2D eigenvalue weighted by atomic mass is 9.75. The van der Waals surface area contributed by atoms with E-state index in [1.165, 1.54) is 14.0 Å². The van der Waals surface area contributed by atoms with Gasteiger partial charge < -0.3 is 34.1 Å². The summed E-state index contributed by atoms with van der Waals surface area (Å²) >= 11 is 0. The molecule has 0 aromatic heterocycles. The fourth-order valence-electron chi connectivity index (χ4n) is 7.08. The number of azo groups is 1. The second kappa shape index (κ2) is 17.8. The molecule has 1 heterocycles. The van der Waals surface area contributed by atoms with Crippen LogP contribution in [-0.2, 0) is 23.7 Å². The number of rotatable bonds is 19. The molecule has 44 heavy (non-hydrogen) atoms. The molecule has 0 amide bonds. The quantitative estimate of drug-likeness (QED) is 0.179. The number of methoxy groups -OCH3 is 2. The normalized spacial score (nSPS) is 28.5. The predicted molar refractivity (Wildman–Crippen MR) is 175 cm³/mol. The highest BCUT2D eigenvalue weighted by molar-refractivity contribution is 5.89. The first-order chi connectivity index (χ1) is 20.3. The van der Waals surface area contributed by atoms with Crippen molar-refractivity contribution < 1.29 is 34.0 Å². The zero-order valence-electron chi connectivity index (χ0n) is 30.5. The molecule has 260 valence electrons. The van der Waals surface area contributed by atoms with Crippen molar-refractivity contribution >= 4 is 5.78 Å². The minimum Gasteiger partial charge on any atom is -0.386 e. The summed E-state index contributed by atoms with van der Waals surface area (Å²) in [6.45, 7) is 21.8. The average molecular weight is 630 g/mol. The molecule has 12 unspecified atom stereocenters. The van der Waals surface area contributed by atoms with E-state index < -0.39 is 47.8 Å². The number of carbonyl (C=O) groups is 1. The number of nitrogens with zero attached hydrogens (tertiary/aromatic N) is 3. The standard InChI is InChI=1S/C34H67N3O7/c1-16-27(41-14)34(11,40)30(39)25(9)28(36-35-23(7)17-20(2)3)22(6)19-33(10,42-15)31(21(4)5)44-32-29(38)26(37(12)13)18-24(8)43-32/h20-29,31-32,38,40H,16-19H2,1-15H3. The molecule has 1 aliphatic heterocycles. The molecule has 0 bridgehead atoms. The van der Waals surface area contributed by atoms with Crippen LogP contribution in [0.1, 0.15) is 102 Å². The summed E-state index contributed by atoms with van der Waals surface area (Å²) in [6, 6.07) is -0.623. The van der Waals surface area contributed by atoms with Gasteiger partial charge in [-0.05, 0) is 85.2 Å². The smallest absolute Gasteiger partial charge is 0.185 e. The molecule has 10 heteroatoms. The van der Waals surface area contributed by atoms with E-state index >= 15 is 0 Å². The highest BCUT2D eigenvalue weighted by atomic mass is 16.7. The molecule has 0 aromatic rings. The van der Waals surface area contributed by atoms with E-state index in [0.717, 1.165) is 6.42 Å². The lowest BCUT2D eigenvalue weighted by Gasteiger charge is -2.46. The first kappa shape index (κ1) is 41.0. The second-order valence-electron chi connectivity index (χ2n) is 14.7. The van der Waals surface area contributed by atoms with Crippen molar-refractivity contribution in [2.45, 2.75) is 162 Å². The number of hydrogen-bond acceptors (Lipinski definition) is 10. The Labute approximate surface area is 268 Å². The zero-order valence-corrected chi connectivity index (χ0v) is 30.5. The summed E-state index contributed by atoms with van der Waals surface area (Å²) in [5.41, 5.74) is -2.49. The Morgan fingerprint density at radius 3 is 2.11 bits per heavy atom. The van der Waals surface area contributed by atoms with Crippen molar-refractivity contribution in [1.29, 1.82) is 0 Å². The molecule has 0 aliphatic carbocycles. The van der Waals surface area contributed by atoms with E-state index in [1.807, 2.05) is 60.5 Å². The van der Waals surface area contributed by atoms with Gasteiger partial charge in [0.15, 0.2) is 12.1 Å². The molecule has 0 saturated carbocycles. The first-order valence-electron chi connectivity index (χ1n) is 16.7. The van der Waals surface area contributed by atoms with Gasteiger partial charge in [-0.25, -0.2) is 0 Å². The highest BCUT2D eigenvalue weighted by Crippen LogP contribution is 2.38. The molecule has 0 radical (unpaired) electrons. The van der Waals surface area contributed by atoms with Crippen molar-refractivity contribution in [3.8, 4) is 0 Å². The van der Waals surface area contributed by atoms with Crippen LogP contribution < -0.4 is 0 Å². The average Bonchev–Trinajstić information content (AvgIpc) is 2.92. The van der Waals surface area contributed by atoms with Crippen LogP contribution in [0.4, 0.5) is 0 Å². The van der Waals surface area contributed by atoms with Gasteiger partial charge in [0.05, 0.1) is 36.0 Å². The van der Waals surface area contributed by atoms with Gasteiger partial charge in [0.25, 0.3) is 0 Å². The van der Waals surface area contributed by atoms with Crippen LogP contribution in [0.3, 0.4) is 0 Å². The van der Waals surface area contributed by atoms with Crippen LogP contribution in [0, 0.1) is 23.7 Å². The number of Topliss-reactive ketones (excluding diaryl/α,β-unsaturated/α-hetero) is 1. The Kier molecular flexibility index (Phi) is 16.6. The largest absolute Gasteiger partial charge is 0.386 e. The monoisotopic (exact) mass is 629 g/mol. The fraction of sp³-hybridized carbons (Fsp3) is 0.971. The maximum atomic E-state index is 13.8. The van der Waals surface area contributed by atoms with Gasteiger partial charge in [-0.15, -0.1) is 0 Å². The van der Waals surface area contributed by atoms with Crippen molar-refractivity contribution in [3.05, 3.63) is 0 Å². The molecule has 1 rings (SSSR count). The molecule has 1 fully saturated rings. The first-order valence-corrected chi connectivity index (χ1v) is 16.7. The van der Waals surface area contributed by atoms with Gasteiger partial charge in [0, 0.05) is 26.2 Å². The van der Waals surface area contributed by atoms with E-state index in [-0.39, 0.29) is 35.8 Å². The molecule has 10 nitrogen and oxygen atoms in total. The number of likely N-dealkylation sites (N-methyl/N-ethyl adjacent to an activating group) is 1. The van der Waals surface area contributed by atoms with Crippen LogP contribution in [0.25, 0.3) is 0 Å². The van der Waals surface area contributed by atoms with Crippen molar-refractivity contribution in [2.75, 3.05) is 28.3 Å². The number of aliphatic hydroxyl groups is 2. The Balaban J connectivity index is 3.44. The molecule has 0 spiro atoms. The number of ketones is 1. The maximum absolute atomic E-state index is 13.8. The molecular weight excluding hydrogens is 562 g/mol. The van der Waals surface area contributed by atoms with Gasteiger partial charge >= 0.3 is 0 Å². The molecule has 1 aliphatic rings. The summed E-state index contributed by atoms with van der Waals surface area (Å²) in [4.78, 5) is 15.9. The highest BCUT2D eigenvalue weighted by Gasteiger charge is 2.48. The maximum Gasteiger partial charge on any atom is 0.185 e. The SMILES string of the molecule is CCC(OC)C(C)(O)C(=O)C(C)C(N=NC(C)CC(C)C)C(C)CC(C)(OC)C(OC1OC(C)CC(N(C)C)C1O)C(C)C. The van der Waals surface area contributed by atoms with E-state index in [4.69, 9.17) is 24.1 Å². The third-order valence-corrected chi connectivity index (χ3v) is 9.46. The number of carbonyl (C=O) groups excluding carboxylic acids is 1. The van der Waals surface area contributed by atoms with Crippen LogP contribution in [0.5, 0.6) is 0 Å². The summed E-state index contributed by atoms with van der Waals surface area (Å²) < 4.78 is 24.4. The predicted octanol–water partition coefficient (Wildman–Crippen LogP) is 5.52. The Hall–Kier alpha value is -1.01. The molecule has 12 atom stereocenters. The van der Waals surface area contributed by atoms with Crippen LogP contribution >= 0.6 is 0 Å². The van der Waals surface area contributed by atoms with Crippen molar-refractivity contribution in [2.24, 2.45) is 33.9 Å². The molecule has 2 N–H and O–H groups in total. The summed E-state index contributed by atoms with van der Waals surface area (Å²) in [6.07, 6.45) is -0.218. The minimum atomic E-state index is -1.68. The molecule has 0 aromatic carbocycles. The minimum absolute atomic E-state index is 0.00741. The number of ether oxygens (including phenoxy) is 4. The zero-order chi connectivity index (χ0) is 34.2. The van der Waals surface area contributed by atoms with E-state index in [2.05, 4.69) is 32.8 Å². The molecule has 1 saturated heterocycles. The van der Waals surface area contributed by atoms with Crippen molar-refractivity contribution in [3.63, 3.8) is 0 Å². The lowest BCUT2D eigenvalue weighted by Crippen LogP contribution is -2.58. The van der Waals surface area contributed by atoms with E-state index in [9.17, 15) is 15.0 Å². The van der Waals surface area contributed by atoms with E-state index in [0.29, 0.717) is 25.2 Å². The van der Waals surface area contributed by atoms with Crippen molar-refractivity contribution in [1.82, 2.24) is 4.90 Å². The van der Waals surface area contributed by atoms with Gasteiger partial charge in [0.1, 0.15) is 11.7 Å². The number of aliphatic hydroxyl groups excluding tert-OH is 1.